The van der Waals surface area contributed by atoms with Crippen LogP contribution in [0.3, 0.4) is 0 Å². The Bertz CT molecular complexity index is 1150. The number of nitrogens with zero attached hydrogens (tertiary/aromatic N) is 2. The summed E-state index contributed by atoms with van der Waals surface area (Å²) < 4.78 is 27.1. The fraction of sp³-hybridized carbons (Fsp3) is 0.200. The van der Waals surface area contributed by atoms with Gasteiger partial charge in [-0.15, -0.1) is 11.3 Å². The van der Waals surface area contributed by atoms with Crippen LogP contribution in [-0.4, -0.2) is 49.5 Å². The predicted octanol–water partition coefficient (Wildman–Crippen LogP) is 2.14. The maximum Gasteiger partial charge on any atom is 0.288 e. The van der Waals surface area contributed by atoms with Gasteiger partial charge < -0.3 is 10.2 Å². The van der Waals surface area contributed by atoms with E-state index in [2.05, 4.69) is 10.3 Å². The van der Waals surface area contributed by atoms with Gasteiger partial charge >= 0.3 is 0 Å². The quantitative estimate of drug-likeness (QED) is 0.408. The van der Waals surface area contributed by atoms with E-state index >= 15 is 0 Å². The van der Waals surface area contributed by atoms with Gasteiger partial charge in [-0.25, -0.2) is 18.9 Å². The van der Waals surface area contributed by atoms with Crippen LogP contribution in [0.2, 0.25) is 0 Å². The van der Waals surface area contributed by atoms with Crippen molar-refractivity contribution in [2.75, 3.05) is 24.5 Å². The highest BCUT2D eigenvalue weighted by Gasteiger charge is 2.37. The minimum Gasteiger partial charge on any atom is -0.336 e. The average Bonchev–Trinajstić information content (AvgIpc) is 3.29. The number of thiazole rings is 1. The lowest BCUT2D eigenvalue weighted by Gasteiger charge is -2.36. The normalized spacial score (nSPS) is 17.0. The van der Waals surface area contributed by atoms with Gasteiger partial charge in [-0.3, -0.25) is 10.0 Å². The molecule has 4 rings (SSSR count). The van der Waals surface area contributed by atoms with Crippen molar-refractivity contribution in [2.24, 2.45) is 0 Å². The largest absolute Gasteiger partial charge is 0.336 e. The number of sulfone groups is 1. The van der Waals surface area contributed by atoms with Crippen LogP contribution in [-0.2, 0) is 9.84 Å². The van der Waals surface area contributed by atoms with E-state index in [1.165, 1.54) is 5.51 Å². The Hall–Kier alpha value is -2.79. The lowest BCUT2D eigenvalue weighted by atomic mass is 10.1. The highest BCUT2D eigenvalue weighted by atomic mass is 32.2. The van der Waals surface area contributed by atoms with Crippen molar-refractivity contribution in [2.45, 2.75) is 10.3 Å². The van der Waals surface area contributed by atoms with E-state index in [1.54, 1.807) is 28.6 Å². The SMILES string of the molecule is O=C(NO)c1scnc1N1CCNCC1S(=O)(=O)c1cccc(-c2ccccc2)c1. The van der Waals surface area contributed by atoms with Gasteiger partial charge in [-0.2, -0.15) is 0 Å². The summed E-state index contributed by atoms with van der Waals surface area (Å²) in [6.45, 7) is 1.10. The van der Waals surface area contributed by atoms with Crippen LogP contribution in [0.4, 0.5) is 5.82 Å². The summed E-state index contributed by atoms with van der Waals surface area (Å²) in [6, 6.07) is 16.4. The minimum atomic E-state index is -3.78. The molecule has 0 bridgehead atoms. The first-order valence-electron chi connectivity index (χ1n) is 9.27. The van der Waals surface area contributed by atoms with Gasteiger partial charge in [0.1, 0.15) is 10.3 Å². The number of hydrogen-bond acceptors (Lipinski definition) is 8. The Balaban J connectivity index is 1.73. The van der Waals surface area contributed by atoms with E-state index in [4.69, 9.17) is 5.21 Å². The number of benzene rings is 2. The average molecular weight is 445 g/mol. The van der Waals surface area contributed by atoms with Crippen LogP contribution in [0, 0.1) is 0 Å². The zero-order valence-corrected chi connectivity index (χ0v) is 17.5. The summed E-state index contributed by atoms with van der Waals surface area (Å²) in [5, 5.41) is 11.2. The smallest absolute Gasteiger partial charge is 0.288 e. The van der Waals surface area contributed by atoms with E-state index < -0.39 is 21.1 Å². The van der Waals surface area contributed by atoms with Gasteiger partial charge in [0.05, 0.1) is 10.4 Å². The number of carbonyl (C=O) groups is 1. The molecule has 0 spiro atoms. The lowest BCUT2D eigenvalue weighted by Crippen LogP contribution is -2.55. The summed E-state index contributed by atoms with van der Waals surface area (Å²) in [4.78, 5) is 18.2. The monoisotopic (exact) mass is 444 g/mol. The second-order valence-electron chi connectivity index (χ2n) is 6.74. The summed E-state index contributed by atoms with van der Waals surface area (Å²) >= 11 is 1.04. The molecule has 1 fully saturated rings. The van der Waals surface area contributed by atoms with Crippen LogP contribution in [0.5, 0.6) is 0 Å². The van der Waals surface area contributed by atoms with Gasteiger partial charge in [-0.05, 0) is 23.3 Å². The number of aromatic nitrogens is 1. The Morgan fingerprint density at radius 2 is 1.93 bits per heavy atom. The molecular formula is C20H20N4O4S2. The number of anilines is 1. The van der Waals surface area contributed by atoms with Crippen LogP contribution >= 0.6 is 11.3 Å². The number of amides is 1. The Kier molecular flexibility index (Phi) is 5.82. The number of rotatable bonds is 5. The van der Waals surface area contributed by atoms with Crippen molar-refractivity contribution < 1.29 is 18.4 Å². The topological polar surface area (TPSA) is 112 Å². The molecule has 0 saturated carbocycles. The van der Waals surface area contributed by atoms with Crippen molar-refractivity contribution in [3.63, 3.8) is 0 Å². The van der Waals surface area contributed by atoms with Crippen molar-refractivity contribution >= 4 is 32.9 Å². The third kappa shape index (κ3) is 3.82. The third-order valence-corrected chi connectivity index (χ3v) is 7.82. The first-order chi connectivity index (χ1) is 14.5. The molecule has 2 heterocycles. The second-order valence-corrected chi connectivity index (χ2v) is 9.70. The molecule has 10 heteroatoms. The lowest BCUT2D eigenvalue weighted by molar-refractivity contribution is 0.0711. The molecule has 1 amide bonds. The first-order valence-corrected chi connectivity index (χ1v) is 11.7. The fourth-order valence-corrected chi connectivity index (χ4v) is 5.93. The molecule has 0 aliphatic carbocycles. The van der Waals surface area contributed by atoms with Gasteiger partial charge in [0, 0.05) is 19.6 Å². The summed E-state index contributed by atoms with van der Waals surface area (Å²) in [6.07, 6.45) is 0. The molecule has 0 radical (unpaired) electrons. The number of nitrogens with one attached hydrogen (secondary N) is 2. The van der Waals surface area contributed by atoms with Crippen molar-refractivity contribution in [3.8, 4) is 11.1 Å². The summed E-state index contributed by atoms with van der Waals surface area (Å²) in [5.74, 6) is -0.464. The van der Waals surface area contributed by atoms with Crippen molar-refractivity contribution in [1.29, 1.82) is 0 Å². The van der Waals surface area contributed by atoms with Crippen molar-refractivity contribution in [1.82, 2.24) is 15.8 Å². The van der Waals surface area contributed by atoms with E-state index in [0.29, 0.717) is 13.1 Å². The van der Waals surface area contributed by atoms with Crippen LogP contribution in [0.25, 0.3) is 11.1 Å². The van der Waals surface area contributed by atoms with E-state index in [1.807, 2.05) is 36.4 Å². The van der Waals surface area contributed by atoms with Crippen molar-refractivity contribution in [3.05, 3.63) is 65.0 Å². The van der Waals surface area contributed by atoms with E-state index in [0.717, 1.165) is 22.5 Å². The molecule has 1 saturated heterocycles. The predicted molar refractivity (Wildman–Crippen MR) is 114 cm³/mol. The third-order valence-electron chi connectivity index (χ3n) is 4.95. The van der Waals surface area contributed by atoms with Gasteiger partial charge in [0.25, 0.3) is 5.91 Å². The molecule has 1 aliphatic rings. The molecular weight excluding hydrogens is 424 g/mol. The number of hydroxylamine groups is 1. The van der Waals surface area contributed by atoms with Gasteiger partial charge in [0.2, 0.25) is 9.84 Å². The van der Waals surface area contributed by atoms with Crippen LogP contribution < -0.4 is 15.7 Å². The molecule has 30 heavy (non-hydrogen) atoms. The minimum absolute atomic E-state index is 0.164. The maximum atomic E-state index is 13.6. The van der Waals surface area contributed by atoms with Gasteiger partial charge in [0.15, 0.2) is 5.82 Å². The molecule has 3 N–H and O–H groups in total. The van der Waals surface area contributed by atoms with Crippen LogP contribution in [0.1, 0.15) is 9.67 Å². The number of piperazine rings is 1. The molecule has 8 nitrogen and oxygen atoms in total. The Morgan fingerprint density at radius 3 is 2.70 bits per heavy atom. The van der Waals surface area contributed by atoms with Crippen LogP contribution in [0.15, 0.2) is 65.0 Å². The summed E-state index contributed by atoms with van der Waals surface area (Å²) in [7, 11) is -3.78. The molecule has 1 unspecified atom stereocenters. The molecule has 2 aromatic carbocycles. The molecule has 1 aliphatic heterocycles. The first kappa shape index (κ1) is 20.5. The highest BCUT2D eigenvalue weighted by Crippen LogP contribution is 2.31. The van der Waals surface area contributed by atoms with Gasteiger partial charge in [-0.1, -0.05) is 42.5 Å². The standard InChI is InChI=1S/C20H20N4O4S2/c25-20(23-26)18-19(22-13-29-18)24-10-9-21-12-17(24)30(27,28)16-8-4-7-15(11-16)14-5-2-1-3-6-14/h1-8,11,13,17,21,26H,9-10,12H2,(H,23,25). The molecule has 156 valence electrons. The molecule has 1 atom stereocenters. The molecule has 1 aromatic heterocycles. The maximum absolute atomic E-state index is 13.6. The molecule has 3 aromatic rings. The Morgan fingerprint density at radius 1 is 1.17 bits per heavy atom. The fourth-order valence-electron chi connectivity index (χ4n) is 3.49. The summed E-state index contributed by atoms with van der Waals surface area (Å²) in [5.41, 5.74) is 4.79. The second kappa shape index (κ2) is 8.52. The highest BCUT2D eigenvalue weighted by molar-refractivity contribution is 7.92. The number of hydrogen-bond donors (Lipinski definition) is 3. The van der Waals surface area contributed by atoms with E-state index in [9.17, 15) is 13.2 Å². The number of carbonyl (C=O) groups excluding carboxylic acids is 1. The zero-order chi connectivity index (χ0) is 21.1. The Labute approximate surface area is 178 Å². The van der Waals surface area contributed by atoms with E-state index in [-0.39, 0.29) is 22.1 Å². The zero-order valence-electron chi connectivity index (χ0n) is 15.9.